The predicted molar refractivity (Wildman–Crippen MR) is 109 cm³/mol. The van der Waals surface area contributed by atoms with Crippen LogP contribution in [0.3, 0.4) is 0 Å². The Labute approximate surface area is 165 Å². The molecule has 3 aromatic rings. The van der Waals surface area contributed by atoms with Crippen molar-refractivity contribution in [2.45, 2.75) is 58.0 Å². The lowest BCUT2D eigenvalue weighted by Gasteiger charge is -2.23. The van der Waals surface area contributed by atoms with Crippen LogP contribution in [0.1, 0.15) is 64.5 Å². The lowest BCUT2D eigenvalue weighted by atomic mass is 10.1. The first-order valence-corrected chi connectivity index (χ1v) is 10.2. The minimum atomic E-state index is 0.119. The van der Waals surface area contributed by atoms with Crippen molar-refractivity contribution in [3.63, 3.8) is 0 Å². The summed E-state index contributed by atoms with van der Waals surface area (Å²) in [7, 11) is 1.91. The monoisotopic (exact) mass is 374 g/mol. The number of amides is 1. The third kappa shape index (κ3) is 3.09. The van der Waals surface area contributed by atoms with E-state index in [1.807, 2.05) is 24.7 Å². The smallest absolute Gasteiger partial charge is 0.255 e. The van der Waals surface area contributed by atoms with Crippen molar-refractivity contribution < 1.29 is 4.79 Å². The van der Waals surface area contributed by atoms with E-state index in [0.717, 1.165) is 40.8 Å². The number of fused-ring (bicyclic) bond motifs is 1. The van der Waals surface area contributed by atoms with Gasteiger partial charge in [0.1, 0.15) is 0 Å². The molecule has 1 amide bonds. The largest absolute Gasteiger partial charge is 0.331 e. The summed E-state index contributed by atoms with van der Waals surface area (Å²) >= 11 is 0. The molecule has 2 aliphatic rings. The van der Waals surface area contributed by atoms with Crippen LogP contribution >= 0.6 is 0 Å². The fraction of sp³-hybridized carbons (Fsp3) is 0.435. The zero-order chi connectivity index (χ0) is 19.4. The predicted octanol–water partition coefficient (Wildman–Crippen LogP) is 4.27. The first kappa shape index (κ1) is 17.4. The summed E-state index contributed by atoms with van der Waals surface area (Å²) in [4.78, 5) is 20.6. The van der Waals surface area contributed by atoms with Gasteiger partial charge in [-0.3, -0.25) is 9.48 Å². The molecular weight excluding hydrogens is 348 g/mol. The zero-order valence-corrected chi connectivity index (χ0v) is 16.8. The van der Waals surface area contributed by atoms with Crippen molar-refractivity contribution in [3.8, 4) is 0 Å². The fourth-order valence-corrected chi connectivity index (χ4v) is 4.02. The van der Waals surface area contributed by atoms with Crippen LogP contribution in [0.15, 0.2) is 30.3 Å². The molecule has 1 aromatic carbocycles. The fourth-order valence-electron chi connectivity index (χ4n) is 4.02. The molecule has 0 spiro atoms. The molecule has 5 rings (SSSR count). The highest BCUT2D eigenvalue weighted by Gasteiger charge is 2.35. The molecule has 28 heavy (non-hydrogen) atoms. The number of benzene rings is 1. The molecule has 2 saturated carbocycles. The average molecular weight is 374 g/mol. The molecule has 2 aliphatic carbocycles. The lowest BCUT2D eigenvalue weighted by molar-refractivity contribution is 0.0731. The Bertz CT molecular complexity index is 1060. The molecule has 0 radical (unpaired) electrons. The van der Waals surface area contributed by atoms with E-state index in [9.17, 15) is 4.79 Å². The Morgan fingerprint density at radius 1 is 1.14 bits per heavy atom. The summed E-state index contributed by atoms with van der Waals surface area (Å²) in [6.45, 7) is 4.72. The molecule has 2 heterocycles. The summed E-state index contributed by atoms with van der Waals surface area (Å²) < 4.78 is 1.81. The number of rotatable bonds is 5. The van der Waals surface area contributed by atoms with Gasteiger partial charge in [-0.1, -0.05) is 29.8 Å². The maximum Gasteiger partial charge on any atom is 0.255 e. The second-order valence-corrected chi connectivity index (χ2v) is 8.43. The molecule has 0 bridgehead atoms. The number of hydrogen-bond acceptors (Lipinski definition) is 3. The van der Waals surface area contributed by atoms with Crippen LogP contribution < -0.4 is 0 Å². The van der Waals surface area contributed by atoms with Crippen molar-refractivity contribution in [3.05, 3.63) is 58.4 Å². The van der Waals surface area contributed by atoms with E-state index in [1.54, 1.807) is 0 Å². The highest BCUT2D eigenvalue weighted by Crippen LogP contribution is 2.41. The van der Waals surface area contributed by atoms with E-state index in [0.29, 0.717) is 18.5 Å². The standard InChI is InChI=1S/C23H26N4O/c1-14-4-6-16(7-5-14)13-27(18-10-11-18)23(28)19-12-20(17-8-9-17)24-22-21(19)15(2)25-26(22)3/h4-7,12,17-18H,8-11,13H2,1-3H3. The van der Waals surface area contributed by atoms with Crippen molar-refractivity contribution in [1.29, 1.82) is 0 Å². The molecule has 0 unspecified atom stereocenters. The van der Waals surface area contributed by atoms with Gasteiger partial charge in [0.05, 0.1) is 16.6 Å². The van der Waals surface area contributed by atoms with Crippen LogP contribution in [0.2, 0.25) is 0 Å². The number of aryl methyl sites for hydroxylation is 3. The van der Waals surface area contributed by atoms with Gasteiger partial charge in [0.15, 0.2) is 5.65 Å². The topological polar surface area (TPSA) is 51.0 Å². The van der Waals surface area contributed by atoms with Crippen molar-refractivity contribution >= 4 is 16.9 Å². The molecule has 0 saturated heterocycles. The summed E-state index contributed by atoms with van der Waals surface area (Å²) in [5, 5.41) is 5.46. The molecule has 2 fully saturated rings. The van der Waals surface area contributed by atoms with E-state index in [4.69, 9.17) is 4.98 Å². The highest BCUT2D eigenvalue weighted by molar-refractivity contribution is 6.06. The van der Waals surface area contributed by atoms with E-state index in [-0.39, 0.29) is 5.91 Å². The first-order chi connectivity index (χ1) is 13.5. The average Bonchev–Trinajstić information content (AvgIpc) is 3.59. The van der Waals surface area contributed by atoms with Gasteiger partial charge >= 0.3 is 0 Å². The third-order valence-electron chi connectivity index (χ3n) is 5.94. The van der Waals surface area contributed by atoms with Crippen LogP contribution in [-0.4, -0.2) is 31.6 Å². The minimum absolute atomic E-state index is 0.119. The number of aromatic nitrogens is 3. The number of pyridine rings is 1. The zero-order valence-electron chi connectivity index (χ0n) is 16.8. The third-order valence-corrected chi connectivity index (χ3v) is 5.94. The SMILES string of the molecule is Cc1ccc(CN(C(=O)c2cc(C3CC3)nc3c2c(C)nn3C)C2CC2)cc1. The summed E-state index contributed by atoms with van der Waals surface area (Å²) in [6.07, 6.45) is 4.51. The van der Waals surface area contributed by atoms with Crippen molar-refractivity contribution in [1.82, 2.24) is 19.7 Å². The quantitative estimate of drug-likeness (QED) is 0.670. The normalized spacial score (nSPS) is 16.5. The van der Waals surface area contributed by atoms with E-state index < -0.39 is 0 Å². The Kier molecular flexibility index (Phi) is 4.00. The van der Waals surface area contributed by atoms with Gasteiger partial charge in [-0.05, 0) is 51.2 Å². The first-order valence-electron chi connectivity index (χ1n) is 10.2. The molecule has 0 aliphatic heterocycles. The molecule has 5 heteroatoms. The van der Waals surface area contributed by atoms with Gasteiger partial charge in [-0.15, -0.1) is 0 Å². The Balaban J connectivity index is 1.57. The highest BCUT2D eigenvalue weighted by atomic mass is 16.2. The number of nitrogens with zero attached hydrogens (tertiary/aromatic N) is 4. The Hall–Kier alpha value is -2.69. The summed E-state index contributed by atoms with van der Waals surface area (Å²) in [5.74, 6) is 0.617. The maximum absolute atomic E-state index is 13.7. The number of hydrogen-bond donors (Lipinski definition) is 0. The van der Waals surface area contributed by atoms with Crippen LogP contribution in [0.4, 0.5) is 0 Å². The van der Waals surface area contributed by atoms with E-state index in [1.165, 1.54) is 24.0 Å². The van der Waals surface area contributed by atoms with Gasteiger partial charge in [0, 0.05) is 31.2 Å². The molecule has 144 valence electrons. The Morgan fingerprint density at radius 3 is 2.50 bits per heavy atom. The second-order valence-electron chi connectivity index (χ2n) is 8.43. The van der Waals surface area contributed by atoms with Gasteiger partial charge in [0.25, 0.3) is 5.91 Å². The van der Waals surface area contributed by atoms with Gasteiger partial charge in [0.2, 0.25) is 0 Å². The molecule has 0 N–H and O–H groups in total. The van der Waals surface area contributed by atoms with Gasteiger partial charge in [-0.25, -0.2) is 4.98 Å². The molecule has 2 aromatic heterocycles. The number of carbonyl (C=O) groups is 1. The lowest BCUT2D eigenvalue weighted by Crippen LogP contribution is -2.33. The van der Waals surface area contributed by atoms with Crippen LogP contribution in [-0.2, 0) is 13.6 Å². The van der Waals surface area contributed by atoms with Gasteiger partial charge < -0.3 is 4.90 Å². The van der Waals surface area contributed by atoms with Gasteiger partial charge in [-0.2, -0.15) is 5.10 Å². The minimum Gasteiger partial charge on any atom is -0.331 e. The van der Waals surface area contributed by atoms with E-state index in [2.05, 4.69) is 41.2 Å². The summed E-state index contributed by atoms with van der Waals surface area (Å²) in [6, 6.07) is 10.9. The number of carbonyl (C=O) groups excluding carboxylic acids is 1. The molecule has 0 atom stereocenters. The van der Waals surface area contributed by atoms with Crippen LogP contribution in [0, 0.1) is 13.8 Å². The van der Waals surface area contributed by atoms with Crippen LogP contribution in [0.25, 0.3) is 11.0 Å². The Morgan fingerprint density at radius 2 is 1.86 bits per heavy atom. The van der Waals surface area contributed by atoms with E-state index >= 15 is 0 Å². The summed E-state index contributed by atoms with van der Waals surface area (Å²) in [5.41, 5.74) is 5.95. The molecular formula is C23H26N4O. The maximum atomic E-state index is 13.7. The second kappa shape index (κ2) is 6.43. The van der Waals surface area contributed by atoms with Crippen LogP contribution in [0.5, 0.6) is 0 Å². The van der Waals surface area contributed by atoms with Crippen molar-refractivity contribution in [2.24, 2.45) is 7.05 Å². The molecule has 5 nitrogen and oxygen atoms in total. The van der Waals surface area contributed by atoms with Crippen molar-refractivity contribution in [2.75, 3.05) is 0 Å².